The maximum absolute atomic E-state index is 12.7. The molecule has 0 fully saturated rings. The molecule has 0 aliphatic heterocycles. The summed E-state index contributed by atoms with van der Waals surface area (Å²) < 4.78 is 55.7. The van der Waals surface area contributed by atoms with E-state index in [4.69, 9.17) is 11.6 Å². The summed E-state index contributed by atoms with van der Waals surface area (Å²) in [7, 11) is -7.91. The summed E-state index contributed by atoms with van der Waals surface area (Å²) in [6, 6.07) is 17.0. The molecular formula is C20H19ClN2O4S2. The van der Waals surface area contributed by atoms with E-state index in [-0.39, 0.29) is 26.2 Å². The van der Waals surface area contributed by atoms with Gasteiger partial charge in [-0.05, 0) is 50.2 Å². The van der Waals surface area contributed by atoms with Gasteiger partial charge < -0.3 is 0 Å². The maximum atomic E-state index is 12.7. The van der Waals surface area contributed by atoms with Gasteiger partial charge in [0.2, 0.25) is 0 Å². The molecule has 3 aromatic rings. The first-order chi connectivity index (χ1) is 13.6. The van der Waals surface area contributed by atoms with Crippen LogP contribution < -0.4 is 9.44 Å². The van der Waals surface area contributed by atoms with Gasteiger partial charge in [-0.2, -0.15) is 0 Å². The zero-order valence-corrected chi connectivity index (χ0v) is 18.1. The molecular weight excluding hydrogens is 432 g/mol. The van der Waals surface area contributed by atoms with Crippen molar-refractivity contribution in [1.29, 1.82) is 0 Å². The highest BCUT2D eigenvalue weighted by Gasteiger charge is 2.21. The Hall–Kier alpha value is -2.55. The van der Waals surface area contributed by atoms with Crippen molar-refractivity contribution in [2.75, 3.05) is 9.44 Å². The molecule has 0 aromatic heterocycles. The highest BCUT2D eigenvalue weighted by molar-refractivity contribution is 7.93. The van der Waals surface area contributed by atoms with Crippen molar-refractivity contribution >= 4 is 43.0 Å². The highest BCUT2D eigenvalue weighted by atomic mass is 35.5. The summed E-state index contributed by atoms with van der Waals surface area (Å²) in [6.07, 6.45) is 0. The lowest BCUT2D eigenvalue weighted by Crippen LogP contribution is -2.18. The van der Waals surface area contributed by atoms with Crippen LogP contribution in [-0.4, -0.2) is 16.8 Å². The predicted molar refractivity (Wildman–Crippen MR) is 115 cm³/mol. The minimum absolute atomic E-state index is 0.0220. The molecule has 29 heavy (non-hydrogen) atoms. The Kier molecular flexibility index (Phi) is 5.88. The van der Waals surface area contributed by atoms with Crippen LogP contribution in [0.2, 0.25) is 5.02 Å². The lowest BCUT2D eigenvalue weighted by atomic mass is 10.2. The van der Waals surface area contributed by atoms with E-state index in [2.05, 4.69) is 9.44 Å². The lowest BCUT2D eigenvalue weighted by molar-refractivity contribution is 0.599. The van der Waals surface area contributed by atoms with Crippen molar-refractivity contribution in [3.63, 3.8) is 0 Å². The Morgan fingerprint density at radius 1 is 0.655 bits per heavy atom. The number of para-hydroxylation sites is 1. The van der Waals surface area contributed by atoms with Gasteiger partial charge in [-0.25, -0.2) is 16.8 Å². The molecule has 152 valence electrons. The Morgan fingerprint density at radius 3 is 1.59 bits per heavy atom. The van der Waals surface area contributed by atoms with Crippen molar-refractivity contribution in [1.82, 2.24) is 0 Å². The van der Waals surface area contributed by atoms with Crippen LogP contribution in [0, 0.1) is 13.8 Å². The van der Waals surface area contributed by atoms with Crippen molar-refractivity contribution < 1.29 is 16.8 Å². The normalized spacial score (nSPS) is 11.8. The van der Waals surface area contributed by atoms with E-state index in [9.17, 15) is 16.8 Å². The Labute approximate surface area is 175 Å². The average molecular weight is 451 g/mol. The van der Waals surface area contributed by atoms with Gasteiger partial charge in [0, 0.05) is 0 Å². The molecule has 0 spiro atoms. The van der Waals surface area contributed by atoms with E-state index < -0.39 is 20.0 Å². The molecule has 0 unspecified atom stereocenters. The molecule has 0 amide bonds. The number of nitrogens with one attached hydrogen (secondary N) is 2. The van der Waals surface area contributed by atoms with Gasteiger partial charge in [-0.1, -0.05) is 53.1 Å². The van der Waals surface area contributed by atoms with Gasteiger partial charge in [0.25, 0.3) is 20.0 Å². The monoisotopic (exact) mass is 450 g/mol. The number of anilines is 2. The molecule has 0 saturated heterocycles. The van der Waals surface area contributed by atoms with E-state index in [1.165, 1.54) is 42.5 Å². The minimum atomic E-state index is -3.97. The van der Waals surface area contributed by atoms with Crippen LogP contribution in [0.4, 0.5) is 11.4 Å². The zero-order chi connectivity index (χ0) is 21.2. The second-order valence-corrected chi connectivity index (χ2v) is 10.3. The molecule has 9 heteroatoms. The van der Waals surface area contributed by atoms with Crippen LogP contribution in [-0.2, 0) is 20.0 Å². The van der Waals surface area contributed by atoms with Crippen molar-refractivity contribution in [3.8, 4) is 0 Å². The number of hydrogen-bond acceptors (Lipinski definition) is 4. The first-order valence-electron chi connectivity index (χ1n) is 8.56. The van der Waals surface area contributed by atoms with Gasteiger partial charge in [-0.3, -0.25) is 9.44 Å². The van der Waals surface area contributed by atoms with Crippen molar-refractivity contribution in [2.24, 2.45) is 0 Å². The van der Waals surface area contributed by atoms with E-state index in [0.717, 1.165) is 11.1 Å². The fraction of sp³-hybridized carbons (Fsp3) is 0.100. The summed E-state index contributed by atoms with van der Waals surface area (Å²) in [5, 5.41) is 0.0600. The van der Waals surface area contributed by atoms with Gasteiger partial charge >= 0.3 is 0 Å². The maximum Gasteiger partial charge on any atom is 0.262 e. The summed E-state index contributed by atoms with van der Waals surface area (Å²) in [4.78, 5) is 0.0887. The minimum Gasteiger partial charge on any atom is -0.277 e. The van der Waals surface area contributed by atoms with Crippen LogP contribution in [0.25, 0.3) is 0 Å². The predicted octanol–water partition coefficient (Wildman–Crippen LogP) is 4.56. The molecule has 3 rings (SSSR count). The Bertz CT molecular complexity index is 1240. The molecule has 2 N–H and O–H groups in total. The number of hydrogen-bond donors (Lipinski definition) is 2. The number of benzene rings is 3. The first-order valence-corrected chi connectivity index (χ1v) is 11.9. The van der Waals surface area contributed by atoms with E-state index in [1.54, 1.807) is 24.3 Å². The van der Waals surface area contributed by atoms with Crippen LogP contribution in [0.3, 0.4) is 0 Å². The molecule has 0 aliphatic carbocycles. The topological polar surface area (TPSA) is 92.3 Å². The van der Waals surface area contributed by atoms with Gasteiger partial charge in [0.05, 0.1) is 26.2 Å². The van der Waals surface area contributed by atoms with E-state index >= 15 is 0 Å². The number of sulfonamides is 2. The summed E-state index contributed by atoms with van der Waals surface area (Å²) in [6.45, 7) is 3.69. The van der Waals surface area contributed by atoms with Gasteiger partial charge in [0.15, 0.2) is 0 Å². The fourth-order valence-electron chi connectivity index (χ4n) is 2.54. The van der Waals surface area contributed by atoms with Crippen LogP contribution in [0.1, 0.15) is 11.1 Å². The number of aryl methyl sites for hydroxylation is 2. The molecule has 0 radical (unpaired) electrons. The molecule has 0 atom stereocenters. The molecule has 0 saturated carbocycles. The highest BCUT2D eigenvalue weighted by Crippen LogP contribution is 2.33. The second kappa shape index (κ2) is 8.06. The number of rotatable bonds is 6. The van der Waals surface area contributed by atoms with E-state index in [0.29, 0.717) is 0 Å². The summed E-state index contributed by atoms with van der Waals surface area (Å²) in [5.74, 6) is 0. The third-order valence-corrected chi connectivity index (χ3v) is 7.22. The first kappa shape index (κ1) is 21.2. The van der Waals surface area contributed by atoms with Crippen molar-refractivity contribution in [2.45, 2.75) is 23.6 Å². The third-order valence-electron chi connectivity index (χ3n) is 4.16. The second-order valence-electron chi connectivity index (χ2n) is 6.50. The van der Waals surface area contributed by atoms with E-state index in [1.807, 2.05) is 13.8 Å². The quantitative estimate of drug-likeness (QED) is 0.575. The van der Waals surface area contributed by atoms with Crippen LogP contribution >= 0.6 is 11.6 Å². The molecule has 0 aliphatic rings. The molecule has 0 heterocycles. The van der Waals surface area contributed by atoms with Crippen LogP contribution in [0.5, 0.6) is 0 Å². The van der Waals surface area contributed by atoms with Crippen molar-refractivity contribution in [3.05, 3.63) is 82.9 Å². The van der Waals surface area contributed by atoms with Gasteiger partial charge in [-0.15, -0.1) is 0 Å². The standard InChI is InChI=1S/C20H19ClN2O4S2/c1-14-6-10-16(11-7-14)28(24,25)22-19-5-3-4-18(21)20(19)23-29(26,27)17-12-8-15(2)9-13-17/h3-13,22-23H,1-2H3. The number of halogens is 1. The Balaban J connectivity index is 1.97. The Morgan fingerprint density at radius 2 is 1.10 bits per heavy atom. The SMILES string of the molecule is Cc1ccc(S(=O)(=O)Nc2cccc(Cl)c2NS(=O)(=O)c2ccc(C)cc2)cc1. The van der Waals surface area contributed by atoms with Gasteiger partial charge in [0.1, 0.15) is 0 Å². The molecule has 0 bridgehead atoms. The smallest absolute Gasteiger partial charge is 0.262 e. The molecule has 3 aromatic carbocycles. The zero-order valence-electron chi connectivity index (χ0n) is 15.7. The summed E-state index contributed by atoms with van der Waals surface area (Å²) in [5.41, 5.74) is 1.80. The average Bonchev–Trinajstić information content (AvgIpc) is 2.65. The third kappa shape index (κ3) is 4.90. The van der Waals surface area contributed by atoms with Crippen LogP contribution in [0.15, 0.2) is 76.5 Å². The fourth-order valence-corrected chi connectivity index (χ4v) is 5.00. The summed E-state index contributed by atoms with van der Waals surface area (Å²) >= 11 is 6.18. The largest absolute Gasteiger partial charge is 0.277 e. The lowest BCUT2D eigenvalue weighted by Gasteiger charge is -2.16. The molecule has 6 nitrogen and oxygen atoms in total.